The Balaban J connectivity index is 2.05. The Morgan fingerprint density at radius 2 is 1.79 bits per heavy atom. The molecule has 0 atom stereocenters. The second kappa shape index (κ2) is 4.99. The lowest BCUT2D eigenvalue weighted by Gasteiger charge is -2.16. The fraction of sp³-hybridized carbons (Fsp3) is 0.267. The molecule has 3 nitrogen and oxygen atoms in total. The number of nitrogens with zero attached hydrogens (tertiary/aromatic N) is 3. The number of hydrogen-bond acceptors (Lipinski definition) is 3. The highest BCUT2D eigenvalue weighted by Gasteiger charge is 2.17. The van der Waals surface area contributed by atoms with Crippen LogP contribution in [-0.2, 0) is 12.8 Å². The van der Waals surface area contributed by atoms with Crippen LogP contribution in [0.4, 0.5) is 0 Å². The number of nitriles is 1. The Labute approximate surface area is 116 Å². The molecule has 1 aliphatic rings. The van der Waals surface area contributed by atoms with Crippen molar-refractivity contribution in [1.29, 1.82) is 5.26 Å². The molecule has 1 aliphatic carbocycles. The number of halogens is 1. The summed E-state index contributed by atoms with van der Waals surface area (Å²) in [5.41, 5.74) is 3.71. The first-order valence-electron chi connectivity index (χ1n) is 6.34. The largest absolute Gasteiger partial charge is 0.233 e. The van der Waals surface area contributed by atoms with Crippen molar-refractivity contribution in [3.8, 4) is 17.5 Å². The quantitative estimate of drug-likeness (QED) is 0.744. The van der Waals surface area contributed by atoms with E-state index in [1.54, 1.807) is 12.1 Å². The van der Waals surface area contributed by atoms with Crippen molar-refractivity contribution in [3.63, 3.8) is 0 Å². The molecule has 94 valence electrons. The summed E-state index contributed by atoms with van der Waals surface area (Å²) >= 11 is 6.25. The van der Waals surface area contributed by atoms with Crippen molar-refractivity contribution in [2.45, 2.75) is 25.7 Å². The molecular formula is C15H12ClN3. The van der Waals surface area contributed by atoms with Crippen molar-refractivity contribution in [2.24, 2.45) is 0 Å². The smallest absolute Gasteiger partial charge is 0.161 e. The average Bonchev–Trinajstić information content (AvgIpc) is 2.47. The fourth-order valence-electron chi connectivity index (χ4n) is 2.37. The van der Waals surface area contributed by atoms with Crippen molar-refractivity contribution in [2.75, 3.05) is 0 Å². The Morgan fingerprint density at radius 1 is 1.05 bits per heavy atom. The van der Waals surface area contributed by atoms with Crippen LogP contribution >= 0.6 is 11.6 Å². The molecule has 3 rings (SSSR count). The molecule has 2 aromatic rings. The van der Waals surface area contributed by atoms with E-state index in [0.29, 0.717) is 16.5 Å². The number of rotatable bonds is 1. The zero-order valence-electron chi connectivity index (χ0n) is 10.4. The van der Waals surface area contributed by atoms with Gasteiger partial charge in [0.2, 0.25) is 0 Å². The molecule has 0 fully saturated rings. The minimum Gasteiger partial charge on any atom is -0.233 e. The topological polar surface area (TPSA) is 49.6 Å². The Morgan fingerprint density at radius 3 is 2.53 bits per heavy atom. The third-order valence-corrected chi connectivity index (χ3v) is 3.72. The molecule has 0 spiro atoms. The molecule has 0 amide bonds. The maximum Gasteiger partial charge on any atom is 0.161 e. The molecular weight excluding hydrogens is 258 g/mol. The van der Waals surface area contributed by atoms with Gasteiger partial charge in [0.05, 0.1) is 11.6 Å². The van der Waals surface area contributed by atoms with Gasteiger partial charge in [-0.25, -0.2) is 9.97 Å². The fourth-order valence-corrected chi connectivity index (χ4v) is 2.65. The van der Waals surface area contributed by atoms with Gasteiger partial charge in [0.1, 0.15) is 5.15 Å². The van der Waals surface area contributed by atoms with Crippen LogP contribution < -0.4 is 0 Å². The molecule has 0 aliphatic heterocycles. The first-order valence-corrected chi connectivity index (χ1v) is 6.71. The van der Waals surface area contributed by atoms with Crippen molar-refractivity contribution in [1.82, 2.24) is 9.97 Å². The maximum absolute atomic E-state index is 8.80. The summed E-state index contributed by atoms with van der Waals surface area (Å²) in [4.78, 5) is 9.01. The van der Waals surface area contributed by atoms with Gasteiger partial charge in [0.15, 0.2) is 5.82 Å². The zero-order chi connectivity index (χ0) is 13.2. The van der Waals surface area contributed by atoms with Crippen LogP contribution in [0.3, 0.4) is 0 Å². The summed E-state index contributed by atoms with van der Waals surface area (Å²) in [6.45, 7) is 0. The van der Waals surface area contributed by atoms with Gasteiger partial charge in [-0.1, -0.05) is 11.6 Å². The number of benzene rings is 1. The van der Waals surface area contributed by atoms with E-state index in [1.165, 1.54) is 0 Å². The highest BCUT2D eigenvalue weighted by molar-refractivity contribution is 6.30. The number of aryl methyl sites for hydroxylation is 1. The van der Waals surface area contributed by atoms with Crippen LogP contribution in [0.1, 0.15) is 29.7 Å². The van der Waals surface area contributed by atoms with Gasteiger partial charge in [0, 0.05) is 16.8 Å². The average molecular weight is 270 g/mol. The van der Waals surface area contributed by atoms with E-state index in [4.69, 9.17) is 16.9 Å². The molecule has 0 saturated heterocycles. The van der Waals surface area contributed by atoms with E-state index in [9.17, 15) is 0 Å². The lowest BCUT2D eigenvalue weighted by atomic mass is 9.97. The Kier molecular flexibility index (Phi) is 3.18. The summed E-state index contributed by atoms with van der Waals surface area (Å²) in [5, 5.41) is 9.37. The monoisotopic (exact) mass is 269 g/mol. The van der Waals surface area contributed by atoms with Gasteiger partial charge < -0.3 is 0 Å². The summed E-state index contributed by atoms with van der Waals surface area (Å²) in [6.07, 6.45) is 4.27. The van der Waals surface area contributed by atoms with Crippen LogP contribution in [0.5, 0.6) is 0 Å². The van der Waals surface area contributed by atoms with Crippen LogP contribution in [-0.4, -0.2) is 9.97 Å². The second-order valence-corrected chi connectivity index (χ2v) is 5.02. The van der Waals surface area contributed by atoms with Crippen molar-refractivity contribution >= 4 is 11.6 Å². The molecule has 1 aromatic carbocycles. The first-order chi connectivity index (χ1) is 9.28. The molecule has 0 bridgehead atoms. The normalized spacial score (nSPS) is 13.7. The molecule has 0 radical (unpaired) electrons. The molecule has 4 heteroatoms. The van der Waals surface area contributed by atoms with E-state index in [-0.39, 0.29) is 0 Å². The summed E-state index contributed by atoms with van der Waals surface area (Å²) in [7, 11) is 0. The van der Waals surface area contributed by atoms with Gasteiger partial charge in [-0.3, -0.25) is 0 Å². The molecule has 0 saturated carbocycles. The highest BCUT2D eigenvalue weighted by Crippen LogP contribution is 2.28. The predicted octanol–water partition coefficient (Wildman–Crippen LogP) is 3.55. The van der Waals surface area contributed by atoms with Crippen LogP contribution in [0.15, 0.2) is 24.3 Å². The van der Waals surface area contributed by atoms with E-state index < -0.39 is 0 Å². The first kappa shape index (κ1) is 12.1. The lowest BCUT2D eigenvalue weighted by molar-refractivity contribution is 0.663. The van der Waals surface area contributed by atoms with Crippen LogP contribution in [0.25, 0.3) is 11.4 Å². The Bertz CT molecular complexity index is 656. The summed E-state index contributed by atoms with van der Waals surface area (Å²) < 4.78 is 0. The van der Waals surface area contributed by atoms with Crippen molar-refractivity contribution in [3.05, 3.63) is 46.2 Å². The molecule has 1 aromatic heterocycles. The lowest BCUT2D eigenvalue weighted by Crippen LogP contribution is -2.08. The Hall–Kier alpha value is -1.92. The van der Waals surface area contributed by atoms with Crippen LogP contribution in [0.2, 0.25) is 5.15 Å². The molecule has 1 heterocycles. The number of hydrogen-bond donors (Lipinski definition) is 0. The third kappa shape index (κ3) is 2.32. The van der Waals surface area contributed by atoms with Gasteiger partial charge in [-0.05, 0) is 49.9 Å². The van der Waals surface area contributed by atoms with E-state index in [1.807, 2.05) is 12.1 Å². The molecule has 0 unspecified atom stereocenters. The summed E-state index contributed by atoms with van der Waals surface area (Å²) in [5.74, 6) is 0.648. The van der Waals surface area contributed by atoms with Gasteiger partial charge in [0.25, 0.3) is 0 Å². The van der Waals surface area contributed by atoms with Gasteiger partial charge >= 0.3 is 0 Å². The van der Waals surface area contributed by atoms with Gasteiger partial charge in [-0.2, -0.15) is 5.26 Å². The maximum atomic E-state index is 8.80. The number of fused-ring (bicyclic) bond motifs is 1. The SMILES string of the molecule is N#Cc1ccc(-c2nc(Cl)c3c(n2)CCCC3)cc1. The summed E-state index contributed by atoms with van der Waals surface area (Å²) in [6, 6.07) is 9.36. The van der Waals surface area contributed by atoms with Gasteiger partial charge in [-0.15, -0.1) is 0 Å². The van der Waals surface area contributed by atoms with Crippen molar-refractivity contribution < 1.29 is 0 Å². The second-order valence-electron chi connectivity index (χ2n) is 4.66. The minimum atomic E-state index is 0.573. The predicted molar refractivity (Wildman–Crippen MR) is 73.8 cm³/mol. The minimum absolute atomic E-state index is 0.573. The van der Waals surface area contributed by atoms with E-state index >= 15 is 0 Å². The zero-order valence-corrected chi connectivity index (χ0v) is 11.1. The molecule has 19 heavy (non-hydrogen) atoms. The highest BCUT2D eigenvalue weighted by atomic mass is 35.5. The standard InChI is InChI=1S/C15H12ClN3/c16-14-12-3-1-2-4-13(12)18-15(19-14)11-7-5-10(9-17)6-8-11/h5-8H,1-4H2. The number of aromatic nitrogens is 2. The van der Waals surface area contributed by atoms with E-state index in [0.717, 1.165) is 42.5 Å². The van der Waals surface area contributed by atoms with Crippen LogP contribution in [0, 0.1) is 11.3 Å². The third-order valence-electron chi connectivity index (χ3n) is 3.40. The van der Waals surface area contributed by atoms with E-state index in [2.05, 4.69) is 16.0 Å². The molecule has 0 N–H and O–H groups in total.